The molecule has 1 fully saturated rings. The molecule has 184 valence electrons. The first-order chi connectivity index (χ1) is 16.0. The second-order valence-electron chi connectivity index (χ2n) is 7.47. The normalized spacial score (nSPS) is 16.5. The van der Waals surface area contributed by atoms with Gasteiger partial charge in [0.2, 0.25) is 5.91 Å². The maximum atomic E-state index is 13.0. The summed E-state index contributed by atoms with van der Waals surface area (Å²) in [5.74, 6) is -2.78. The Morgan fingerprint density at radius 3 is 2.32 bits per heavy atom. The highest BCUT2D eigenvalue weighted by atomic mass is 16.5. The van der Waals surface area contributed by atoms with E-state index in [1.165, 1.54) is 52.4 Å². The molecule has 34 heavy (non-hydrogen) atoms. The highest BCUT2D eigenvalue weighted by Gasteiger charge is 2.43. The summed E-state index contributed by atoms with van der Waals surface area (Å²) >= 11 is 0. The highest BCUT2D eigenvalue weighted by Crippen LogP contribution is 2.23. The van der Waals surface area contributed by atoms with Crippen LogP contribution in [0.15, 0.2) is 35.5 Å². The number of nitrogens with one attached hydrogen (secondary N) is 3. The fraction of sp³-hybridized carbons (Fsp3) is 0.381. The molecule has 1 aromatic carbocycles. The summed E-state index contributed by atoms with van der Waals surface area (Å²) in [6, 6.07) is 1.47. The Labute approximate surface area is 195 Å². The number of carboxylic acids is 1. The molecule has 1 aliphatic rings. The number of hydrogen-bond donors (Lipinski definition) is 5. The van der Waals surface area contributed by atoms with Crippen LogP contribution in [0.3, 0.4) is 0 Å². The number of amides is 6. The third-order valence-electron chi connectivity index (χ3n) is 5.06. The number of imide groups is 1. The molecule has 1 aromatic rings. The molecule has 0 aromatic heterocycles. The van der Waals surface area contributed by atoms with E-state index >= 15 is 0 Å². The number of carboxylic acid groups (broad SMARTS) is 1. The molecular formula is C21H27N5O8. The fourth-order valence-corrected chi connectivity index (χ4v) is 3.25. The van der Waals surface area contributed by atoms with Crippen LogP contribution in [0.25, 0.3) is 0 Å². The van der Waals surface area contributed by atoms with Crippen molar-refractivity contribution in [2.45, 2.75) is 19.0 Å². The van der Waals surface area contributed by atoms with E-state index in [2.05, 4.69) is 16.0 Å². The first-order valence-corrected chi connectivity index (χ1v) is 10.1. The number of hydrogen-bond acceptors (Lipinski definition) is 7. The highest BCUT2D eigenvalue weighted by molar-refractivity contribution is 6.01. The summed E-state index contributed by atoms with van der Waals surface area (Å²) < 4.78 is 4.93. The van der Waals surface area contributed by atoms with Crippen molar-refractivity contribution in [2.75, 3.05) is 34.4 Å². The summed E-state index contributed by atoms with van der Waals surface area (Å²) in [4.78, 5) is 63.1. The smallest absolute Gasteiger partial charge is 0.352 e. The van der Waals surface area contributed by atoms with Gasteiger partial charge in [-0.3, -0.25) is 9.59 Å². The maximum Gasteiger partial charge on any atom is 0.352 e. The Bertz CT molecular complexity index is 1010. The Hall–Kier alpha value is -4.13. The van der Waals surface area contributed by atoms with Crippen LogP contribution in [-0.4, -0.2) is 90.3 Å². The number of aliphatic carboxylic acids is 1. The number of β-lactam (4-membered cyclic amide) rings is 1. The molecule has 1 aliphatic heterocycles. The molecule has 1 heterocycles. The van der Waals surface area contributed by atoms with Crippen molar-refractivity contribution < 1.29 is 38.9 Å². The van der Waals surface area contributed by atoms with Crippen molar-refractivity contribution in [1.29, 1.82) is 0 Å². The van der Waals surface area contributed by atoms with Gasteiger partial charge in [-0.1, -0.05) is 12.1 Å². The van der Waals surface area contributed by atoms with Crippen LogP contribution in [0.1, 0.15) is 18.5 Å². The molecule has 2 atom stereocenters. The lowest BCUT2D eigenvalue weighted by molar-refractivity contribution is -0.149. The van der Waals surface area contributed by atoms with Gasteiger partial charge in [0.1, 0.15) is 23.5 Å². The third kappa shape index (κ3) is 5.81. The molecule has 0 aliphatic carbocycles. The number of benzene rings is 1. The summed E-state index contributed by atoms with van der Waals surface area (Å²) in [6.07, 6.45) is 0. The zero-order valence-corrected chi connectivity index (χ0v) is 19.1. The summed E-state index contributed by atoms with van der Waals surface area (Å²) in [6.45, 7) is 1.43. The molecule has 0 bridgehead atoms. The molecule has 1 saturated heterocycles. The van der Waals surface area contributed by atoms with Crippen molar-refractivity contribution in [1.82, 2.24) is 25.8 Å². The third-order valence-corrected chi connectivity index (χ3v) is 5.06. The number of likely N-dealkylation sites (tertiary alicyclic amines) is 1. The van der Waals surface area contributed by atoms with Crippen LogP contribution in [0.2, 0.25) is 0 Å². The van der Waals surface area contributed by atoms with Gasteiger partial charge in [0.15, 0.2) is 0 Å². The van der Waals surface area contributed by atoms with E-state index in [4.69, 9.17) is 4.74 Å². The van der Waals surface area contributed by atoms with Gasteiger partial charge in [0.25, 0.3) is 5.91 Å². The molecule has 2 unspecified atom stereocenters. The number of methoxy groups -OCH3 is 1. The Morgan fingerprint density at radius 2 is 1.82 bits per heavy atom. The molecule has 0 radical (unpaired) electrons. The van der Waals surface area contributed by atoms with Crippen molar-refractivity contribution in [3.8, 4) is 5.75 Å². The van der Waals surface area contributed by atoms with E-state index in [0.29, 0.717) is 5.57 Å². The standard InChI is InChI=1S/C21H27N5O8/c1-11(10-34-4)16(19(30)31)26-9-14(18(26)29)23-17(28)15(12-5-7-13(27)8-6-12)24-21(33)25(3)20(32)22-2/h5-8,14-15,27H,9-10H2,1-4H3,(H,22,32)(H,23,28)(H,24,33)(H,30,31)/b16-11-. The number of phenols is 1. The Kier molecular flexibility index (Phi) is 8.56. The lowest BCUT2D eigenvalue weighted by atomic mass is 10.0. The lowest BCUT2D eigenvalue weighted by Crippen LogP contribution is -2.65. The van der Waals surface area contributed by atoms with E-state index in [9.17, 15) is 34.2 Å². The molecule has 0 saturated carbocycles. The predicted molar refractivity (Wildman–Crippen MR) is 117 cm³/mol. The van der Waals surface area contributed by atoms with E-state index in [-0.39, 0.29) is 30.2 Å². The number of carbonyl (C=O) groups excluding carboxylic acids is 4. The second kappa shape index (κ2) is 11.1. The maximum absolute atomic E-state index is 13.0. The van der Waals surface area contributed by atoms with Crippen LogP contribution >= 0.6 is 0 Å². The average Bonchev–Trinajstić information content (AvgIpc) is 2.80. The summed E-state index contributed by atoms with van der Waals surface area (Å²) in [7, 11) is 3.93. The number of rotatable bonds is 8. The van der Waals surface area contributed by atoms with Crippen molar-refractivity contribution in [3.05, 3.63) is 41.1 Å². The topological polar surface area (TPSA) is 178 Å². The molecule has 5 N–H and O–H groups in total. The average molecular weight is 477 g/mol. The zero-order chi connectivity index (χ0) is 25.6. The molecule has 6 amide bonds. The minimum Gasteiger partial charge on any atom is -0.508 e. The quantitative estimate of drug-likeness (QED) is 0.251. The van der Waals surface area contributed by atoms with Crippen molar-refractivity contribution in [2.24, 2.45) is 0 Å². The number of nitrogens with zero attached hydrogens (tertiary/aromatic N) is 2. The van der Waals surface area contributed by atoms with Gasteiger partial charge in [-0.15, -0.1) is 0 Å². The van der Waals surface area contributed by atoms with Crippen LogP contribution < -0.4 is 16.0 Å². The van der Waals surface area contributed by atoms with Crippen LogP contribution in [0.5, 0.6) is 5.75 Å². The van der Waals surface area contributed by atoms with E-state index in [1.54, 1.807) is 0 Å². The SMILES string of the molecule is CNC(=O)N(C)C(=O)NC(C(=O)NC1CN(/C(C(=O)O)=C(/C)COC)C1=O)c1ccc(O)cc1. The van der Waals surface area contributed by atoms with Gasteiger partial charge in [-0.2, -0.15) is 0 Å². The van der Waals surface area contributed by atoms with Crippen molar-refractivity contribution >= 4 is 29.8 Å². The predicted octanol–water partition coefficient (Wildman–Crippen LogP) is -0.254. The largest absolute Gasteiger partial charge is 0.508 e. The van der Waals surface area contributed by atoms with Gasteiger partial charge < -0.3 is 35.8 Å². The van der Waals surface area contributed by atoms with Crippen LogP contribution in [-0.2, 0) is 19.1 Å². The first-order valence-electron chi connectivity index (χ1n) is 10.1. The minimum absolute atomic E-state index is 0.0102. The number of ether oxygens (including phenoxy) is 1. The molecule has 0 spiro atoms. The van der Waals surface area contributed by atoms with Crippen LogP contribution in [0, 0.1) is 0 Å². The van der Waals surface area contributed by atoms with Gasteiger partial charge in [-0.25, -0.2) is 19.3 Å². The fourth-order valence-electron chi connectivity index (χ4n) is 3.25. The van der Waals surface area contributed by atoms with Crippen LogP contribution in [0.4, 0.5) is 9.59 Å². The Morgan fingerprint density at radius 1 is 1.21 bits per heavy atom. The van der Waals surface area contributed by atoms with Gasteiger partial charge in [-0.05, 0) is 30.2 Å². The van der Waals surface area contributed by atoms with Gasteiger partial charge in [0, 0.05) is 21.2 Å². The second-order valence-corrected chi connectivity index (χ2v) is 7.47. The van der Waals surface area contributed by atoms with Gasteiger partial charge in [0.05, 0.1) is 13.2 Å². The summed E-state index contributed by atoms with van der Waals surface area (Å²) in [5.41, 5.74) is 0.382. The molecule has 13 heteroatoms. The number of carbonyl (C=O) groups is 5. The lowest BCUT2D eigenvalue weighted by Gasteiger charge is -2.39. The summed E-state index contributed by atoms with van der Waals surface area (Å²) in [5, 5.41) is 26.2. The molecule has 13 nitrogen and oxygen atoms in total. The molecule has 2 rings (SSSR count). The van der Waals surface area contributed by atoms with E-state index < -0.39 is 41.9 Å². The number of aromatic hydroxyl groups is 1. The number of phenolic OH excluding ortho intramolecular Hbond substituents is 1. The number of urea groups is 2. The monoisotopic (exact) mass is 477 g/mol. The first kappa shape index (κ1) is 26.1. The van der Waals surface area contributed by atoms with E-state index in [0.717, 1.165) is 9.80 Å². The molecular weight excluding hydrogens is 450 g/mol. The zero-order valence-electron chi connectivity index (χ0n) is 19.1. The van der Waals surface area contributed by atoms with E-state index in [1.807, 2.05) is 0 Å². The minimum atomic E-state index is -1.31. The Balaban J connectivity index is 2.20. The van der Waals surface area contributed by atoms with Crippen molar-refractivity contribution in [3.63, 3.8) is 0 Å². The van der Waals surface area contributed by atoms with Gasteiger partial charge >= 0.3 is 18.0 Å².